The Morgan fingerprint density at radius 2 is 1.88 bits per heavy atom. The van der Waals surface area contributed by atoms with Gasteiger partial charge in [-0.2, -0.15) is 0 Å². The van der Waals surface area contributed by atoms with Crippen molar-refractivity contribution in [2.24, 2.45) is 0 Å². The largest absolute Gasteiger partial charge is 0.478 e. The van der Waals surface area contributed by atoms with E-state index in [0.717, 1.165) is 11.1 Å². The molecule has 0 atom stereocenters. The number of carbonyl (C=O) groups is 1. The number of H-pyrrole nitrogens is 2. The summed E-state index contributed by atoms with van der Waals surface area (Å²) in [4.78, 5) is 22.0. The van der Waals surface area contributed by atoms with Gasteiger partial charge in [0.05, 0.1) is 5.56 Å². The van der Waals surface area contributed by atoms with E-state index < -0.39 is 5.97 Å². The third kappa shape index (κ3) is 2.30. The number of para-hydroxylation sites is 1. The number of aromatic amines is 2. The van der Waals surface area contributed by atoms with Crippen molar-refractivity contribution < 1.29 is 14.6 Å². The Morgan fingerprint density at radius 1 is 1.00 bits per heavy atom. The monoisotopic (exact) mass is 319 g/mol. The van der Waals surface area contributed by atoms with Crippen molar-refractivity contribution in [2.45, 2.75) is 0 Å². The van der Waals surface area contributed by atoms with Gasteiger partial charge in [0.15, 0.2) is 0 Å². The Labute approximate surface area is 136 Å². The normalized spacial score (nSPS) is 10.8. The summed E-state index contributed by atoms with van der Waals surface area (Å²) in [7, 11) is 0. The second kappa shape index (κ2) is 5.58. The van der Waals surface area contributed by atoms with E-state index in [1.54, 1.807) is 42.9 Å². The van der Waals surface area contributed by atoms with Crippen LogP contribution in [0.1, 0.15) is 10.4 Å². The maximum atomic E-state index is 11.7. The first-order valence-corrected chi connectivity index (χ1v) is 7.34. The van der Waals surface area contributed by atoms with Gasteiger partial charge in [0.2, 0.25) is 0 Å². The molecular formula is C18H13N3O3. The molecule has 2 aromatic heterocycles. The van der Waals surface area contributed by atoms with E-state index in [0.29, 0.717) is 17.0 Å². The summed E-state index contributed by atoms with van der Waals surface area (Å²) in [5, 5.41) is 10.2. The molecule has 6 heteroatoms. The van der Waals surface area contributed by atoms with Crippen LogP contribution in [0.3, 0.4) is 0 Å². The predicted octanol–water partition coefficient (Wildman–Crippen LogP) is 4.05. The molecule has 0 spiro atoms. The zero-order valence-corrected chi connectivity index (χ0v) is 12.5. The minimum atomic E-state index is -1.04. The van der Waals surface area contributed by atoms with Crippen molar-refractivity contribution in [1.29, 1.82) is 0 Å². The molecule has 0 fully saturated rings. The first kappa shape index (κ1) is 14.1. The lowest BCUT2D eigenvalue weighted by molar-refractivity contribution is 0.0696. The number of aromatic nitrogens is 3. The molecule has 0 amide bonds. The van der Waals surface area contributed by atoms with Gasteiger partial charge in [-0.3, -0.25) is 0 Å². The third-order valence-electron chi connectivity index (χ3n) is 3.77. The minimum Gasteiger partial charge on any atom is -0.478 e. The molecular weight excluding hydrogens is 306 g/mol. The molecule has 0 unspecified atom stereocenters. The fraction of sp³-hybridized carbons (Fsp3) is 0. The average molecular weight is 319 g/mol. The second-order valence-corrected chi connectivity index (χ2v) is 5.22. The van der Waals surface area contributed by atoms with E-state index in [9.17, 15) is 9.90 Å². The van der Waals surface area contributed by atoms with Gasteiger partial charge in [-0.25, -0.2) is 9.78 Å². The van der Waals surface area contributed by atoms with Crippen LogP contribution < -0.4 is 4.74 Å². The number of fused-ring (bicyclic) bond motifs is 1. The van der Waals surface area contributed by atoms with Crippen LogP contribution in [0.5, 0.6) is 11.5 Å². The van der Waals surface area contributed by atoms with Gasteiger partial charge >= 0.3 is 5.97 Å². The SMILES string of the molecule is O=C(O)c1c(Oc2ccccc2-c2ncc[nH]2)ccc2[nH]ccc12. The quantitative estimate of drug-likeness (QED) is 0.529. The number of aromatic carboxylic acids is 1. The molecule has 6 nitrogen and oxygen atoms in total. The minimum absolute atomic E-state index is 0.128. The van der Waals surface area contributed by atoms with Crippen LogP contribution in [0, 0.1) is 0 Å². The molecule has 0 radical (unpaired) electrons. The van der Waals surface area contributed by atoms with E-state index >= 15 is 0 Å². The van der Waals surface area contributed by atoms with Crippen LogP contribution in [-0.4, -0.2) is 26.0 Å². The summed E-state index contributed by atoms with van der Waals surface area (Å²) in [6, 6.07) is 12.5. The summed E-state index contributed by atoms with van der Waals surface area (Å²) >= 11 is 0. The number of ether oxygens (including phenoxy) is 1. The molecule has 2 aromatic carbocycles. The third-order valence-corrected chi connectivity index (χ3v) is 3.77. The lowest BCUT2D eigenvalue weighted by atomic mass is 10.1. The maximum Gasteiger partial charge on any atom is 0.340 e. The molecule has 3 N–H and O–H groups in total. The summed E-state index contributed by atoms with van der Waals surface area (Å²) in [5.74, 6) is 0.439. The highest BCUT2D eigenvalue weighted by atomic mass is 16.5. The first-order chi connectivity index (χ1) is 11.7. The van der Waals surface area contributed by atoms with Crippen LogP contribution >= 0.6 is 0 Å². The Balaban J connectivity index is 1.84. The molecule has 4 rings (SSSR count). The number of hydrogen-bond donors (Lipinski definition) is 3. The van der Waals surface area contributed by atoms with Gasteiger partial charge < -0.3 is 19.8 Å². The molecule has 118 valence electrons. The standard InChI is InChI=1S/C18H13N3O3/c22-18(23)16-11-7-8-19-13(11)5-6-15(16)24-14-4-2-1-3-12(14)17-20-9-10-21-17/h1-10,19H,(H,20,21)(H,22,23). The Morgan fingerprint density at radius 3 is 2.67 bits per heavy atom. The Hall–Kier alpha value is -3.54. The van der Waals surface area contributed by atoms with Crippen LogP contribution in [0.25, 0.3) is 22.3 Å². The van der Waals surface area contributed by atoms with E-state index in [2.05, 4.69) is 15.0 Å². The molecule has 2 heterocycles. The van der Waals surface area contributed by atoms with E-state index in [1.165, 1.54) is 0 Å². The van der Waals surface area contributed by atoms with Crippen LogP contribution in [0.15, 0.2) is 61.1 Å². The highest BCUT2D eigenvalue weighted by Crippen LogP contribution is 2.35. The number of imidazole rings is 1. The van der Waals surface area contributed by atoms with Gasteiger partial charge in [-0.15, -0.1) is 0 Å². The molecule has 0 aliphatic carbocycles. The van der Waals surface area contributed by atoms with Crippen molar-refractivity contribution in [3.8, 4) is 22.9 Å². The van der Waals surface area contributed by atoms with Crippen molar-refractivity contribution in [2.75, 3.05) is 0 Å². The van der Waals surface area contributed by atoms with Crippen molar-refractivity contribution in [3.63, 3.8) is 0 Å². The Kier molecular flexibility index (Phi) is 3.28. The molecule has 0 aliphatic rings. The number of carboxylic acid groups (broad SMARTS) is 1. The molecule has 4 aromatic rings. The predicted molar refractivity (Wildman–Crippen MR) is 89.4 cm³/mol. The number of carboxylic acids is 1. The first-order valence-electron chi connectivity index (χ1n) is 7.34. The van der Waals surface area contributed by atoms with Crippen LogP contribution in [-0.2, 0) is 0 Å². The van der Waals surface area contributed by atoms with Gasteiger partial charge in [0.25, 0.3) is 0 Å². The summed E-state index contributed by atoms with van der Waals surface area (Å²) < 4.78 is 5.95. The Bertz CT molecular complexity index is 1020. The van der Waals surface area contributed by atoms with E-state index in [1.807, 2.05) is 18.2 Å². The molecule has 0 saturated heterocycles. The highest BCUT2D eigenvalue weighted by Gasteiger charge is 2.18. The number of nitrogens with zero attached hydrogens (tertiary/aromatic N) is 1. The zero-order chi connectivity index (χ0) is 16.5. The number of nitrogens with one attached hydrogen (secondary N) is 2. The molecule has 24 heavy (non-hydrogen) atoms. The summed E-state index contributed by atoms with van der Waals surface area (Å²) in [6.45, 7) is 0. The topological polar surface area (TPSA) is 91.0 Å². The van der Waals surface area contributed by atoms with E-state index in [-0.39, 0.29) is 11.3 Å². The van der Waals surface area contributed by atoms with Crippen LogP contribution in [0.2, 0.25) is 0 Å². The fourth-order valence-corrected chi connectivity index (χ4v) is 2.70. The second-order valence-electron chi connectivity index (χ2n) is 5.22. The van der Waals surface area contributed by atoms with Gasteiger partial charge in [0.1, 0.15) is 22.9 Å². The fourth-order valence-electron chi connectivity index (χ4n) is 2.70. The number of hydrogen-bond acceptors (Lipinski definition) is 3. The van der Waals surface area contributed by atoms with Gasteiger partial charge in [0, 0.05) is 29.5 Å². The molecule has 0 aliphatic heterocycles. The highest BCUT2D eigenvalue weighted by molar-refractivity contribution is 6.05. The molecule has 0 bridgehead atoms. The number of rotatable bonds is 4. The lowest BCUT2D eigenvalue weighted by Gasteiger charge is -2.12. The number of benzene rings is 2. The smallest absolute Gasteiger partial charge is 0.340 e. The molecule has 0 saturated carbocycles. The lowest BCUT2D eigenvalue weighted by Crippen LogP contribution is -2.01. The summed E-state index contributed by atoms with van der Waals surface area (Å²) in [5.41, 5.74) is 1.63. The average Bonchev–Trinajstić information content (AvgIpc) is 3.26. The van der Waals surface area contributed by atoms with Gasteiger partial charge in [-0.05, 0) is 30.3 Å². The van der Waals surface area contributed by atoms with Crippen molar-refractivity contribution in [3.05, 3.63) is 66.6 Å². The van der Waals surface area contributed by atoms with Gasteiger partial charge in [-0.1, -0.05) is 12.1 Å². The van der Waals surface area contributed by atoms with E-state index in [4.69, 9.17) is 4.74 Å². The zero-order valence-electron chi connectivity index (χ0n) is 12.5. The van der Waals surface area contributed by atoms with Crippen molar-refractivity contribution in [1.82, 2.24) is 15.0 Å². The van der Waals surface area contributed by atoms with Crippen molar-refractivity contribution >= 4 is 16.9 Å². The van der Waals surface area contributed by atoms with Crippen LogP contribution in [0.4, 0.5) is 0 Å². The summed E-state index contributed by atoms with van der Waals surface area (Å²) in [6.07, 6.45) is 5.08. The maximum absolute atomic E-state index is 11.7.